The Balaban J connectivity index is 1.39. The van der Waals surface area contributed by atoms with Gasteiger partial charge >= 0.3 is 0 Å². The summed E-state index contributed by atoms with van der Waals surface area (Å²) in [6, 6.07) is 2.30. The summed E-state index contributed by atoms with van der Waals surface area (Å²) in [6.45, 7) is 3.23. The van der Waals surface area contributed by atoms with E-state index in [-0.39, 0.29) is 11.8 Å². The fourth-order valence-electron chi connectivity index (χ4n) is 4.50. The van der Waals surface area contributed by atoms with Crippen molar-refractivity contribution in [2.75, 3.05) is 32.7 Å². The highest BCUT2D eigenvalue weighted by molar-refractivity contribution is 5.79. The maximum Gasteiger partial charge on any atom is 0.235 e. The molecule has 2 aliphatic carbocycles. The highest BCUT2D eigenvalue weighted by Crippen LogP contribution is 2.29. The van der Waals surface area contributed by atoms with Crippen LogP contribution >= 0.6 is 0 Å². The van der Waals surface area contributed by atoms with E-state index in [1.165, 1.54) is 25.7 Å². The van der Waals surface area contributed by atoms with E-state index >= 15 is 0 Å². The molecular weight excluding hydrogens is 316 g/mol. The van der Waals surface area contributed by atoms with Gasteiger partial charge in [-0.1, -0.05) is 12.8 Å². The summed E-state index contributed by atoms with van der Waals surface area (Å²) in [7, 11) is 0. The van der Waals surface area contributed by atoms with Crippen molar-refractivity contribution >= 4 is 11.8 Å². The van der Waals surface area contributed by atoms with Crippen molar-refractivity contribution < 1.29 is 9.59 Å². The molecule has 0 unspecified atom stereocenters. The van der Waals surface area contributed by atoms with Crippen LogP contribution in [0.2, 0.25) is 0 Å². The van der Waals surface area contributed by atoms with Gasteiger partial charge in [0.1, 0.15) is 5.54 Å². The first-order chi connectivity index (χ1) is 12.1. The van der Waals surface area contributed by atoms with E-state index in [0.717, 1.165) is 38.8 Å². The van der Waals surface area contributed by atoms with Gasteiger partial charge in [0.15, 0.2) is 0 Å². The monoisotopic (exact) mass is 346 g/mol. The zero-order valence-electron chi connectivity index (χ0n) is 15.1. The van der Waals surface area contributed by atoms with E-state index in [4.69, 9.17) is 0 Å². The molecule has 1 saturated heterocycles. The first-order valence-electron chi connectivity index (χ1n) is 9.83. The third-order valence-electron chi connectivity index (χ3n) is 6.08. The number of carbonyl (C=O) groups excluding carboxylic acids is 2. The maximum absolute atomic E-state index is 12.4. The van der Waals surface area contributed by atoms with Crippen LogP contribution in [0, 0.1) is 17.2 Å². The number of hydrogen-bond donors (Lipinski definition) is 1. The summed E-state index contributed by atoms with van der Waals surface area (Å²) in [5.41, 5.74) is -0.643. The van der Waals surface area contributed by atoms with E-state index < -0.39 is 5.54 Å². The standard InChI is InChI=1S/C19H30N4O2/c20-15-19(7-3-4-8-19)21-17(24)14-22-9-11-23(12-10-22)18(25)13-16-5-1-2-6-16/h16H,1-14H2,(H,21,24). The highest BCUT2D eigenvalue weighted by Gasteiger charge is 2.35. The molecule has 138 valence electrons. The molecule has 0 radical (unpaired) electrons. The van der Waals surface area contributed by atoms with Crippen LogP contribution in [0.25, 0.3) is 0 Å². The summed E-state index contributed by atoms with van der Waals surface area (Å²) in [5, 5.41) is 12.3. The van der Waals surface area contributed by atoms with Gasteiger partial charge in [-0.3, -0.25) is 14.5 Å². The number of rotatable bonds is 5. The van der Waals surface area contributed by atoms with E-state index in [9.17, 15) is 14.9 Å². The Morgan fingerprint density at radius 2 is 1.68 bits per heavy atom. The smallest absolute Gasteiger partial charge is 0.235 e. The van der Waals surface area contributed by atoms with Gasteiger partial charge in [-0.15, -0.1) is 0 Å². The van der Waals surface area contributed by atoms with Gasteiger partial charge in [-0.25, -0.2) is 0 Å². The lowest BCUT2D eigenvalue weighted by Crippen LogP contribution is -2.53. The third-order valence-corrected chi connectivity index (χ3v) is 6.08. The van der Waals surface area contributed by atoms with Crippen LogP contribution in [0.1, 0.15) is 57.8 Å². The number of hydrogen-bond acceptors (Lipinski definition) is 4. The minimum atomic E-state index is -0.643. The van der Waals surface area contributed by atoms with Gasteiger partial charge in [-0.05, 0) is 44.4 Å². The lowest BCUT2D eigenvalue weighted by atomic mass is 10.00. The fourth-order valence-corrected chi connectivity index (χ4v) is 4.50. The van der Waals surface area contributed by atoms with E-state index in [1.807, 2.05) is 4.90 Å². The van der Waals surface area contributed by atoms with Crippen molar-refractivity contribution in [3.8, 4) is 6.07 Å². The Labute approximate surface area is 150 Å². The van der Waals surface area contributed by atoms with Gasteiger partial charge < -0.3 is 10.2 Å². The zero-order valence-corrected chi connectivity index (χ0v) is 15.1. The molecule has 3 fully saturated rings. The number of carbonyl (C=O) groups is 2. The number of amides is 2. The van der Waals surface area contributed by atoms with Crippen LogP contribution in [0.5, 0.6) is 0 Å². The molecule has 6 heteroatoms. The van der Waals surface area contributed by atoms with Gasteiger partial charge in [0.25, 0.3) is 0 Å². The second-order valence-corrected chi connectivity index (χ2v) is 7.96. The summed E-state index contributed by atoms with van der Waals surface area (Å²) in [6.07, 6.45) is 9.18. The molecule has 0 aromatic carbocycles. The maximum atomic E-state index is 12.4. The number of nitrogens with zero attached hydrogens (tertiary/aromatic N) is 3. The number of nitriles is 1. The summed E-state index contributed by atoms with van der Waals surface area (Å²) < 4.78 is 0. The Morgan fingerprint density at radius 3 is 2.28 bits per heavy atom. The molecule has 6 nitrogen and oxygen atoms in total. The molecule has 1 heterocycles. The normalized spacial score (nSPS) is 24.2. The molecule has 1 aliphatic heterocycles. The molecule has 0 atom stereocenters. The van der Waals surface area contributed by atoms with Crippen molar-refractivity contribution in [3.63, 3.8) is 0 Å². The largest absolute Gasteiger partial charge is 0.340 e. The Hall–Kier alpha value is -1.61. The molecule has 3 rings (SSSR count). The van der Waals surface area contributed by atoms with Gasteiger partial charge in [-0.2, -0.15) is 5.26 Å². The van der Waals surface area contributed by atoms with E-state index in [2.05, 4.69) is 16.3 Å². The molecule has 25 heavy (non-hydrogen) atoms. The van der Waals surface area contributed by atoms with Crippen molar-refractivity contribution in [2.24, 2.45) is 5.92 Å². The van der Waals surface area contributed by atoms with Crippen LogP contribution in [-0.2, 0) is 9.59 Å². The van der Waals surface area contributed by atoms with Gasteiger partial charge in [0.2, 0.25) is 11.8 Å². The third kappa shape index (κ3) is 4.72. The SMILES string of the molecule is N#CC1(NC(=O)CN2CCN(C(=O)CC3CCCC3)CC2)CCCC1. The minimum Gasteiger partial charge on any atom is -0.340 e. The molecule has 2 amide bonds. The van der Waals surface area contributed by atoms with Gasteiger partial charge in [0.05, 0.1) is 12.6 Å². The predicted octanol–water partition coefficient (Wildman–Crippen LogP) is 1.66. The van der Waals surface area contributed by atoms with Crippen LogP contribution < -0.4 is 5.32 Å². The topological polar surface area (TPSA) is 76.4 Å². The van der Waals surface area contributed by atoms with E-state index in [1.54, 1.807) is 0 Å². The van der Waals surface area contributed by atoms with Crippen LogP contribution in [0.15, 0.2) is 0 Å². The second-order valence-electron chi connectivity index (χ2n) is 7.96. The van der Waals surface area contributed by atoms with Gasteiger partial charge in [0, 0.05) is 32.6 Å². The van der Waals surface area contributed by atoms with Crippen molar-refractivity contribution in [1.29, 1.82) is 5.26 Å². The average Bonchev–Trinajstić information content (AvgIpc) is 3.28. The van der Waals surface area contributed by atoms with Crippen molar-refractivity contribution in [2.45, 2.75) is 63.3 Å². The summed E-state index contributed by atoms with van der Waals surface area (Å²) in [5.74, 6) is 0.810. The lowest BCUT2D eigenvalue weighted by Gasteiger charge is -2.35. The summed E-state index contributed by atoms with van der Waals surface area (Å²) in [4.78, 5) is 28.7. The zero-order chi connectivity index (χ0) is 17.7. The first kappa shape index (κ1) is 18.2. The lowest BCUT2D eigenvalue weighted by molar-refractivity contribution is -0.134. The van der Waals surface area contributed by atoms with Crippen molar-refractivity contribution in [3.05, 3.63) is 0 Å². The van der Waals surface area contributed by atoms with Crippen LogP contribution in [-0.4, -0.2) is 59.9 Å². The number of piperazine rings is 1. The van der Waals surface area contributed by atoms with Crippen LogP contribution in [0.3, 0.4) is 0 Å². The fraction of sp³-hybridized carbons (Fsp3) is 0.842. The molecular formula is C19H30N4O2. The quantitative estimate of drug-likeness (QED) is 0.821. The molecule has 0 spiro atoms. The van der Waals surface area contributed by atoms with Crippen molar-refractivity contribution in [1.82, 2.24) is 15.1 Å². The first-order valence-corrected chi connectivity index (χ1v) is 9.83. The molecule has 3 aliphatic rings. The average molecular weight is 346 g/mol. The molecule has 2 saturated carbocycles. The molecule has 0 bridgehead atoms. The van der Waals surface area contributed by atoms with Crippen LogP contribution in [0.4, 0.5) is 0 Å². The molecule has 0 aromatic rings. The summed E-state index contributed by atoms with van der Waals surface area (Å²) >= 11 is 0. The Bertz CT molecular complexity index is 522. The minimum absolute atomic E-state index is 0.0609. The molecule has 0 aromatic heterocycles. The number of nitrogens with one attached hydrogen (secondary N) is 1. The Morgan fingerprint density at radius 1 is 1.04 bits per heavy atom. The highest BCUT2D eigenvalue weighted by atomic mass is 16.2. The predicted molar refractivity (Wildman–Crippen MR) is 94.5 cm³/mol. The van der Waals surface area contributed by atoms with E-state index in [0.29, 0.717) is 32.0 Å². The molecule has 1 N–H and O–H groups in total. The second kappa shape index (κ2) is 8.18. The Kier molecular flexibility index (Phi) is 5.95.